The van der Waals surface area contributed by atoms with Crippen molar-refractivity contribution in [3.05, 3.63) is 65.2 Å². The number of carbonyl (C=O) groups is 2. The Labute approximate surface area is 228 Å². The van der Waals surface area contributed by atoms with Crippen LogP contribution < -0.4 is 15.4 Å². The number of ether oxygens (including phenoxy) is 1. The Bertz CT molecular complexity index is 1170. The maximum absolute atomic E-state index is 13.5. The summed E-state index contributed by atoms with van der Waals surface area (Å²) in [6.07, 6.45) is -6.43. The molecule has 0 spiro atoms. The standard InChI is InChI=1S/C28H31F6N3O3/c1-35-21-12-16-37(17-13-21)24(38)23(11-4-18-2-5-20(6-3-18)27(29,30)31)36-25(39)26(14-15-26)19-7-9-22(10-8-19)40-28(32,33)34/h2-3,5-10,21,23,35H,4,11-17H2,1H3,(H,36,39). The lowest BCUT2D eigenvalue weighted by Gasteiger charge is -2.34. The van der Waals surface area contributed by atoms with Gasteiger partial charge in [-0.1, -0.05) is 24.3 Å². The molecule has 1 aliphatic heterocycles. The number of nitrogens with one attached hydrogen (secondary N) is 2. The molecule has 4 rings (SSSR count). The van der Waals surface area contributed by atoms with Crippen molar-refractivity contribution in [2.24, 2.45) is 0 Å². The van der Waals surface area contributed by atoms with Gasteiger partial charge in [0, 0.05) is 19.1 Å². The van der Waals surface area contributed by atoms with Crippen LogP contribution in [-0.2, 0) is 27.6 Å². The Balaban J connectivity index is 1.48. The van der Waals surface area contributed by atoms with E-state index in [2.05, 4.69) is 15.4 Å². The van der Waals surface area contributed by atoms with Crippen LogP contribution in [0.5, 0.6) is 5.75 Å². The highest BCUT2D eigenvalue weighted by Crippen LogP contribution is 2.49. The van der Waals surface area contributed by atoms with E-state index in [0.29, 0.717) is 37.1 Å². The number of benzene rings is 2. The summed E-state index contributed by atoms with van der Waals surface area (Å²) in [7, 11) is 1.85. The van der Waals surface area contributed by atoms with Crippen molar-refractivity contribution in [2.45, 2.75) is 68.6 Å². The van der Waals surface area contributed by atoms with Crippen molar-refractivity contribution in [3.8, 4) is 5.75 Å². The van der Waals surface area contributed by atoms with Crippen LogP contribution in [-0.4, -0.2) is 55.3 Å². The number of likely N-dealkylation sites (tertiary alicyclic amines) is 1. The highest BCUT2D eigenvalue weighted by molar-refractivity contribution is 5.95. The van der Waals surface area contributed by atoms with Crippen molar-refractivity contribution in [2.75, 3.05) is 20.1 Å². The molecule has 6 nitrogen and oxygen atoms in total. The molecule has 2 N–H and O–H groups in total. The van der Waals surface area contributed by atoms with Crippen LogP contribution in [0.2, 0.25) is 0 Å². The van der Waals surface area contributed by atoms with Gasteiger partial charge in [-0.15, -0.1) is 13.2 Å². The molecule has 40 heavy (non-hydrogen) atoms. The van der Waals surface area contributed by atoms with E-state index in [-0.39, 0.29) is 24.8 Å². The molecule has 12 heteroatoms. The molecule has 2 amide bonds. The van der Waals surface area contributed by atoms with Crippen LogP contribution in [0.3, 0.4) is 0 Å². The molecule has 218 valence electrons. The molecule has 1 heterocycles. The highest BCUT2D eigenvalue weighted by atomic mass is 19.4. The van der Waals surface area contributed by atoms with Crippen LogP contribution in [0.15, 0.2) is 48.5 Å². The number of hydrogen-bond acceptors (Lipinski definition) is 4. The number of halogens is 6. The van der Waals surface area contributed by atoms with Crippen LogP contribution in [0.1, 0.15) is 48.8 Å². The van der Waals surface area contributed by atoms with Crippen molar-refractivity contribution in [3.63, 3.8) is 0 Å². The Hall–Kier alpha value is -3.28. The van der Waals surface area contributed by atoms with Crippen molar-refractivity contribution < 1.29 is 40.7 Å². The molecule has 1 atom stereocenters. The zero-order valence-electron chi connectivity index (χ0n) is 21.9. The molecule has 1 saturated carbocycles. The van der Waals surface area contributed by atoms with Gasteiger partial charge in [-0.2, -0.15) is 13.2 Å². The van der Waals surface area contributed by atoms with Crippen LogP contribution in [0.25, 0.3) is 0 Å². The molecule has 0 bridgehead atoms. The molecule has 0 aromatic heterocycles. The smallest absolute Gasteiger partial charge is 0.406 e. The summed E-state index contributed by atoms with van der Waals surface area (Å²) in [5.74, 6) is -1.07. The minimum atomic E-state index is -4.83. The first-order valence-corrected chi connectivity index (χ1v) is 13.1. The van der Waals surface area contributed by atoms with E-state index in [0.717, 1.165) is 37.1 Å². The summed E-state index contributed by atoms with van der Waals surface area (Å²) in [6.45, 7) is 1.01. The first-order valence-electron chi connectivity index (χ1n) is 13.1. The lowest BCUT2D eigenvalue weighted by Crippen LogP contribution is -2.54. The second-order valence-corrected chi connectivity index (χ2v) is 10.3. The van der Waals surface area contributed by atoms with E-state index < -0.39 is 41.2 Å². The topological polar surface area (TPSA) is 70.7 Å². The summed E-state index contributed by atoms with van der Waals surface area (Å²) in [4.78, 5) is 28.7. The molecule has 0 radical (unpaired) electrons. The fraction of sp³-hybridized carbons (Fsp3) is 0.500. The van der Waals surface area contributed by atoms with Crippen molar-refractivity contribution >= 4 is 11.8 Å². The summed E-state index contributed by atoms with van der Waals surface area (Å²) in [5, 5.41) is 6.05. The molecule has 1 unspecified atom stereocenters. The molecule has 2 fully saturated rings. The van der Waals surface area contributed by atoms with Gasteiger partial charge in [0.25, 0.3) is 0 Å². The van der Waals surface area contributed by atoms with Gasteiger partial charge < -0.3 is 20.3 Å². The summed E-state index contributed by atoms with van der Waals surface area (Å²) >= 11 is 0. The van der Waals surface area contributed by atoms with Gasteiger partial charge >= 0.3 is 12.5 Å². The van der Waals surface area contributed by atoms with E-state index in [1.165, 1.54) is 24.3 Å². The molecule has 2 aliphatic rings. The summed E-state index contributed by atoms with van der Waals surface area (Å²) < 4.78 is 80.3. The third kappa shape index (κ3) is 7.26. The van der Waals surface area contributed by atoms with Crippen LogP contribution in [0, 0.1) is 0 Å². The number of alkyl halides is 6. The first-order chi connectivity index (χ1) is 18.8. The second kappa shape index (κ2) is 11.7. The number of nitrogens with zero attached hydrogens (tertiary/aromatic N) is 1. The minimum absolute atomic E-state index is 0.177. The number of carbonyl (C=O) groups excluding carboxylic acids is 2. The maximum Gasteiger partial charge on any atom is 0.573 e. The summed E-state index contributed by atoms with van der Waals surface area (Å²) in [5.41, 5.74) is -0.631. The Morgan fingerprint density at radius 3 is 2.08 bits per heavy atom. The minimum Gasteiger partial charge on any atom is -0.406 e. The Kier molecular flexibility index (Phi) is 8.67. The van der Waals surface area contributed by atoms with E-state index in [4.69, 9.17) is 0 Å². The lowest BCUT2D eigenvalue weighted by atomic mass is 9.93. The number of rotatable bonds is 9. The second-order valence-electron chi connectivity index (χ2n) is 10.3. The molecular weight excluding hydrogens is 540 g/mol. The number of piperidine rings is 1. The van der Waals surface area contributed by atoms with Gasteiger partial charge in [0.1, 0.15) is 11.8 Å². The molecular formula is C28H31F6N3O3. The van der Waals surface area contributed by atoms with Gasteiger partial charge in [0.2, 0.25) is 11.8 Å². The van der Waals surface area contributed by atoms with E-state index >= 15 is 0 Å². The maximum atomic E-state index is 13.5. The third-order valence-electron chi connectivity index (χ3n) is 7.65. The Morgan fingerprint density at radius 2 is 1.57 bits per heavy atom. The van der Waals surface area contributed by atoms with Crippen LogP contribution in [0.4, 0.5) is 26.3 Å². The lowest BCUT2D eigenvalue weighted by molar-refractivity contribution is -0.274. The van der Waals surface area contributed by atoms with Crippen LogP contribution >= 0.6 is 0 Å². The van der Waals surface area contributed by atoms with Crippen molar-refractivity contribution in [1.82, 2.24) is 15.5 Å². The number of hydrogen-bond donors (Lipinski definition) is 2. The number of amides is 2. The van der Waals surface area contributed by atoms with Crippen molar-refractivity contribution in [1.29, 1.82) is 0 Å². The van der Waals surface area contributed by atoms with E-state index in [1.54, 1.807) is 4.90 Å². The zero-order chi connectivity index (χ0) is 29.1. The van der Waals surface area contributed by atoms with Gasteiger partial charge in [-0.25, -0.2) is 0 Å². The quantitative estimate of drug-likeness (QED) is 0.418. The Morgan fingerprint density at radius 1 is 0.975 bits per heavy atom. The highest BCUT2D eigenvalue weighted by Gasteiger charge is 2.52. The summed E-state index contributed by atoms with van der Waals surface area (Å²) in [6, 6.07) is 9.18. The SMILES string of the molecule is CNC1CCN(C(=O)C(CCc2ccc(C(F)(F)F)cc2)NC(=O)C2(c3ccc(OC(F)(F)F)cc3)CC2)CC1. The van der Waals surface area contributed by atoms with Gasteiger partial charge in [0.05, 0.1) is 11.0 Å². The normalized spacial score (nSPS) is 18.2. The molecule has 1 saturated heterocycles. The first kappa shape index (κ1) is 29.7. The molecule has 1 aliphatic carbocycles. The predicted octanol–water partition coefficient (Wildman–Crippen LogP) is 4.96. The largest absolute Gasteiger partial charge is 0.573 e. The third-order valence-corrected chi connectivity index (χ3v) is 7.65. The van der Waals surface area contributed by atoms with E-state index in [9.17, 15) is 35.9 Å². The fourth-order valence-corrected chi connectivity index (χ4v) is 5.08. The predicted molar refractivity (Wildman–Crippen MR) is 134 cm³/mol. The monoisotopic (exact) mass is 571 g/mol. The van der Waals surface area contributed by atoms with Gasteiger partial charge in [-0.05, 0) is 81.0 Å². The zero-order valence-corrected chi connectivity index (χ0v) is 21.9. The van der Waals surface area contributed by atoms with Gasteiger partial charge in [-0.3, -0.25) is 9.59 Å². The fourth-order valence-electron chi connectivity index (χ4n) is 5.08. The average molecular weight is 572 g/mol. The van der Waals surface area contributed by atoms with Gasteiger partial charge in [0.15, 0.2) is 0 Å². The van der Waals surface area contributed by atoms with E-state index in [1.807, 2.05) is 7.05 Å². The molecule has 2 aromatic carbocycles. The molecule has 2 aromatic rings. The average Bonchev–Trinajstić information content (AvgIpc) is 3.72. The number of aryl methyl sites for hydroxylation is 1.